The van der Waals surface area contributed by atoms with E-state index in [1.165, 1.54) is 6.42 Å². The summed E-state index contributed by atoms with van der Waals surface area (Å²) in [6.45, 7) is 9.42. The van der Waals surface area contributed by atoms with Crippen LogP contribution in [0, 0.1) is 5.41 Å². The van der Waals surface area contributed by atoms with Crippen molar-refractivity contribution in [3.05, 3.63) is 0 Å². The average Bonchev–Trinajstić information content (AvgIpc) is 3.27. The lowest BCUT2D eigenvalue weighted by atomic mass is 9.84. The summed E-state index contributed by atoms with van der Waals surface area (Å²) in [5.41, 5.74) is -0.253. The van der Waals surface area contributed by atoms with Crippen LogP contribution in [0.5, 0.6) is 0 Å². The van der Waals surface area contributed by atoms with Crippen molar-refractivity contribution < 1.29 is 4.79 Å². The van der Waals surface area contributed by atoms with Crippen LogP contribution >= 0.6 is 24.0 Å². The third-order valence-electron chi connectivity index (χ3n) is 6.01. The third-order valence-corrected chi connectivity index (χ3v) is 6.01. The molecule has 1 amide bonds. The lowest BCUT2D eigenvalue weighted by molar-refractivity contribution is -0.138. The molecule has 7 heteroatoms. The Bertz CT molecular complexity index is 473. The molecule has 0 aromatic heterocycles. The Balaban J connectivity index is 0.00000338. The van der Waals surface area contributed by atoms with Crippen LogP contribution in [0.3, 0.4) is 0 Å². The summed E-state index contributed by atoms with van der Waals surface area (Å²) in [5, 5.41) is 3.54. The number of halogens is 1. The first-order chi connectivity index (χ1) is 12.0. The maximum Gasteiger partial charge on any atom is 0.230 e. The van der Waals surface area contributed by atoms with Crippen LogP contribution in [-0.2, 0) is 4.79 Å². The third kappa shape index (κ3) is 5.24. The van der Waals surface area contributed by atoms with Gasteiger partial charge in [0.15, 0.2) is 5.96 Å². The molecule has 1 heterocycles. The predicted molar refractivity (Wildman–Crippen MR) is 119 cm³/mol. The zero-order valence-electron chi connectivity index (χ0n) is 17.3. The van der Waals surface area contributed by atoms with Gasteiger partial charge in [0, 0.05) is 46.8 Å². The van der Waals surface area contributed by atoms with E-state index in [1.54, 1.807) is 4.90 Å². The molecule has 1 unspecified atom stereocenters. The molecule has 2 aliphatic rings. The van der Waals surface area contributed by atoms with Crippen molar-refractivity contribution in [3.63, 3.8) is 0 Å². The van der Waals surface area contributed by atoms with Crippen molar-refractivity contribution in [1.29, 1.82) is 0 Å². The van der Waals surface area contributed by atoms with Crippen molar-refractivity contribution in [2.24, 2.45) is 10.4 Å². The number of nitrogens with one attached hydrogen (secondary N) is 1. The summed E-state index contributed by atoms with van der Waals surface area (Å²) in [4.78, 5) is 23.9. The van der Waals surface area contributed by atoms with Crippen molar-refractivity contribution in [2.75, 3.05) is 53.9 Å². The average molecular weight is 479 g/mol. The largest absolute Gasteiger partial charge is 0.355 e. The molecule has 1 atom stereocenters. The molecule has 152 valence electrons. The first kappa shape index (κ1) is 23.5. The van der Waals surface area contributed by atoms with Gasteiger partial charge in [0.25, 0.3) is 0 Å². The minimum Gasteiger partial charge on any atom is -0.355 e. The molecule has 0 bridgehead atoms. The molecule has 1 saturated carbocycles. The maximum atomic E-state index is 12.7. The van der Waals surface area contributed by atoms with Gasteiger partial charge in [0.2, 0.25) is 5.91 Å². The van der Waals surface area contributed by atoms with Gasteiger partial charge in [0.1, 0.15) is 0 Å². The second-order valence-corrected chi connectivity index (χ2v) is 7.70. The van der Waals surface area contributed by atoms with Crippen LogP contribution in [0.4, 0.5) is 0 Å². The number of carbonyl (C=O) groups excluding carboxylic acids is 1. The number of rotatable bonds is 6. The van der Waals surface area contributed by atoms with E-state index in [0.717, 1.165) is 57.8 Å². The van der Waals surface area contributed by atoms with E-state index in [4.69, 9.17) is 0 Å². The Kier molecular flexibility index (Phi) is 9.64. The predicted octanol–water partition coefficient (Wildman–Crippen LogP) is 2.24. The molecule has 6 nitrogen and oxygen atoms in total. The molecule has 1 N–H and O–H groups in total. The molecule has 2 rings (SSSR count). The summed E-state index contributed by atoms with van der Waals surface area (Å²) in [6, 6.07) is 0.609. The highest BCUT2D eigenvalue weighted by Crippen LogP contribution is 2.39. The molecule has 1 aliphatic carbocycles. The number of likely N-dealkylation sites (N-methyl/N-ethyl adjacent to an activating group) is 1. The Labute approximate surface area is 176 Å². The number of likely N-dealkylation sites (tertiary alicyclic amines) is 1. The highest BCUT2D eigenvalue weighted by atomic mass is 127. The topological polar surface area (TPSA) is 51.2 Å². The summed E-state index contributed by atoms with van der Waals surface area (Å²) in [7, 11) is 5.58. The van der Waals surface area contributed by atoms with E-state index >= 15 is 0 Å². The van der Waals surface area contributed by atoms with Crippen molar-refractivity contribution >= 4 is 35.8 Å². The summed E-state index contributed by atoms with van der Waals surface area (Å²) in [5.74, 6) is 1.21. The van der Waals surface area contributed by atoms with E-state index in [-0.39, 0.29) is 35.3 Å². The summed E-state index contributed by atoms with van der Waals surface area (Å²) in [6.07, 6.45) is 5.44. The van der Waals surface area contributed by atoms with Crippen molar-refractivity contribution in [3.8, 4) is 0 Å². The maximum absolute atomic E-state index is 12.7. The van der Waals surface area contributed by atoms with Gasteiger partial charge < -0.3 is 15.1 Å². The number of guanidine groups is 1. The molecule has 0 radical (unpaired) electrons. The molecular formula is C19H38IN5O. The Morgan fingerprint density at radius 1 is 1.23 bits per heavy atom. The number of amides is 1. The number of carbonyl (C=O) groups is 1. The van der Waals surface area contributed by atoms with Gasteiger partial charge in [-0.05, 0) is 32.4 Å². The van der Waals surface area contributed by atoms with Crippen LogP contribution in [0.25, 0.3) is 0 Å². The molecule has 1 aliphatic heterocycles. The molecular weight excluding hydrogens is 441 g/mol. The van der Waals surface area contributed by atoms with E-state index in [9.17, 15) is 4.79 Å². The molecule has 0 spiro atoms. The van der Waals surface area contributed by atoms with Gasteiger partial charge in [-0.15, -0.1) is 24.0 Å². The molecule has 1 saturated heterocycles. The zero-order chi connectivity index (χ0) is 18.4. The SMILES string of the molecule is CCN(CC)C1CCN(C(=NC)NCC2(C(=O)N(C)C)CCCC2)C1.I. The van der Waals surface area contributed by atoms with E-state index in [0.29, 0.717) is 12.6 Å². The van der Waals surface area contributed by atoms with Crippen LogP contribution in [-0.4, -0.2) is 86.5 Å². The van der Waals surface area contributed by atoms with Crippen LogP contribution in [0.2, 0.25) is 0 Å². The van der Waals surface area contributed by atoms with Gasteiger partial charge in [-0.1, -0.05) is 26.7 Å². The van der Waals surface area contributed by atoms with Crippen LogP contribution in [0.15, 0.2) is 4.99 Å². The second-order valence-electron chi connectivity index (χ2n) is 7.70. The summed E-state index contributed by atoms with van der Waals surface area (Å²) < 4.78 is 0. The first-order valence-corrected chi connectivity index (χ1v) is 9.88. The Hall–Kier alpha value is -0.570. The molecule has 2 fully saturated rings. The minimum absolute atomic E-state index is 0. The zero-order valence-corrected chi connectivity index (χ0v) is 19.6. The Morgan fingerprint density at radius 3 is 2.35 bits per heavy atom. The number of nitrogens with zero attached hydrogens (tertiary/aromatic N) is 4. The lowest BCUT2D eigenvalue weighted by Crippen LogP contribution is -2.50. The number of hydrogen-bond acceptors (Lipinski definition) is 3. The van der Waals surface area contributed by atoms with Crippen molar-refractivity contribution in [1.82, 2.24) is 20.0 Å². The van der Waals surface area contributed by atoms with Crippen molar-refractivity contribution in [2.45, 2.75) is 52.0 Å². The lowest BCUT2D eigenvalue weighted by Gasteiger charge is -2.33. The monoisotopic (exact) mass is 479 g/mol. The van der Waals surface area contributed by atoms with Gasteiger partial charge in [0.05, 0.1) is 5.41 Å². The minimum atomic E-state index is -0.253. The highest BCUT2D eigenvalue weighted by Gasteiger charge is 2.42. The van der Waals surface area contributed by atoms with E-state index in [2.05, 4.69) is 34.0 Å². The van der Waals surface area contributed by atoms with E-state index in [1.807, 2.05) is 21.1 Å². The summed E-state index contributed by atoms with van der Waals surface area (Å²) >= 11 is 0. The molecule has 0 aromatic carbocycles. The number of aliphatic imine (C=N–C) groups is 1. The van der Waals surface area contributed by atoms with Crippen LogP contribution in [0.1, 0.15) is 46.0 Å². The molecule has 0 aromatic rings. The normalized spacial score (nSPS) is 22.5. The second kappa shape index (κ2) is 10.7. The molecule has 26 heavy (non-hydrogen) atoms. The van der Waals surface area contributed by atoms with Crippen LogP contribution < -0.4 is 5.32 Å². The van der Waals surface area contributed by atoms with E-state index < -0.39 is 0 Å². The van der Waals surface area contributed by atoms with Gasteiger partial charge >= 0.3 is 0 Å². The van der Waals surface area contributed by atoms with Gasteiger partial charge in [-0.3, -0.25) is 14.7 Å². The fourth-order valence-electron chi connectivity index (χ4n) is 4.55. The smallest absolute Gasteiger partial charge is 0.230 e. The number of hydrogen-bond donors (Lipinski definition) is 1. The van der Waals surface area contributed by atoms with Gasteiger partial charge in [-0.25, -0.2) is 0 Å². The fraction of sp³-hybridized carbons (Fsp3) is 0.895. The quantitative estimate of drug-likeness (QED) is 0.361. The Morgan fingerprint density at radius 2 is 1.85 bits per heavy atom. The van der Waals surface area contributed by atoms with Gasteiger partial charge in [-0.2, -0.15) is 0 Å². The first-order valence-electron chi connectivity index (χ1n) is 9.88. The standard InChI is InChI=1S/C19H37N5O.HI/c1-6-23(7-2)16-10-13-24(14-16)18(20-3)21-15-19(11-8-9-12-19)17(25)22(4)5;/h16H,6-15H2,1-5H3,(H,20,21);1H. The highest BCUT2D eigenvalue weighted by molar-refractivity contribution is 14.0. The fourth-order valence-corrected chi connectivity index (χ4v) is 4.55.